The highest BCUT2D eigenvalue weighted by atomic mass is 16.3. The van der Waals surface area contributed by atoms with E-state index in [4.69, 9.17) is 0 Å². The maximum Gasteiger partial charge on any atom is 0.0629 e. The Morgan fingerprint density at radius 1 is 1.00 bits per heavy atom. The van der Waals surface area contributed by atoms with E-state index in [0.29, 0.717) is 6.42 Å². The van der Waals surface area contributed by atoms with Gasteiger partial charge in [0.15, 0.2) is 0 Å². The second-order valence-electron chi connectivity index (χ2n) is 5.72. The van der Waals surface area contributed by atoms with Gasteiger partial charge in [-0.3, -0.25) is 0 Å². The van der Waals surface area contributed by atoms with Crippen LogP contribution < -0.4 is 0 Å². The van der Waals surface area contributed by atoms with Gasteiger partial charge in [-0.2, -0.15) is 0 Å². The number of fused-ring (bicyclic) bond motifs is 1. The van der Waals surface area contributed by atoms with Gasteiger partial charge < -0.3 is 5.11 Å². The van der Waals surface area contributed by atoms with Crippen LogP contribution in [0.1, 0.15) is 26.3 Å². The predicted molar refractivity (Wildman–Crippen MR) is 73.1 cm³/mol. The van der Waals surface area contributed by atoms with E-state index in [1.807, 2.05) is 6.07 Å². The maximum absolute atomic E-state index is 10.2. The lowest BCUT2D eigenvalue weighted by Gasteiger charge is -2.26. The highest BCUT2D eigenvalue weighted by molar-refractivity contribution is 5.85. The van der Waals surface area contributed by atoms with Crippen molar-refractivity contribution in [1.82, 2.24) is 0 Å². The average Bonchev–Trinajstić information content (AvgIpc) is 2.28. The van der Waals surface area contributed by atoms with Gasteiger partial charge in [0.25, 0.3) is 0 Å². The molecule has 0 amide bonds. The van der Waals surface area contributed by atoms with Gasteiger partial charge in [-0.05, 0) is 28.2 Å². The van der Waals surface area contributed by atoms with Crippen LogP contribution in [-0.4, -0.2) is 11.2 Å². The zero-order valence-corrected chi connectivity index (χ0v) is 10.8. The van der Waals surface area contributed by atoms with Crippen LogP contribution in [0, 0.1) is 5.41 Å². The van der Waals surface area contributed by atoms with Crippen LogP contribution in [0.4, 0.5) is 0 Å². The Balaban J connectivity index is 2.36. The van der Waals surface area contributed by atoms with Crippen LogP contribution in [0.15, 0.2) is 42.5 Å². The first-order chi connectivity index (χ1) is 7.98. The molecule has 17 heavy (non-hydrogen) atoms. The van der Waals surface area contributed by atoms with Crippen molar-refractivity contribution in [2.75, 3.05) is 0 Å². The normalized spacial score (nSPS) is 13.9. The molecule has 0 saturated carbocycles. The van der Waals surface area contributed by atoms with Gasteiger partial charge in [0.1, 0.15) is 0 Å². The smallest absolute Gasteiger partial charge is 0.0629 e. The predicted octanol–water partition coefficient (Wildman–Crippen LogP) is 3.79. The second kappa shape index (κ2) is 4.50. The molecule has 90 valence electrons. The molecular formula is C16H20O. The molecule has 2 aromatic carbocycles. The zero-order valence-electron chi connectivity index (χ0n) is 10.8. The van der Waals surface area contributed by atoms with Crippen LogP contribution in [0.5, 0.6) is 0 Å². The van der Waals surface area contributed by atoms with E-state index >= 15 is 0 Å². The lowest BCUT2D eigenvalue weighted by molar-refractivity contribution is 0.0639. The van der Waals surface area contributed by atoms with Crippen molar-refractivity contribution < 1.29 is 5.11 Å². The Morgan fingerprint density at radius 2 is 1.65 bits per heavy atom. The third kappa shape index (κ3) is 2.67. The lowest BCUT2D eigenvalue weighted by Crippen LogP contribution is -2.28. The van der Waals surface area contributed by atoms with E-state index in [9.17, 15) is 5.11 Å². The zero-order chi connectivity index (χ0) is 12.5. The van der Waals surface area contributed by atoms with Crippen molar-refractivity contribution >= 4 is 10.8 Å². The molecule has 1 heteroatoms. The topological polar surface area (TPSA) is 20.2 Å². The number of aliphatic hydroxyl groups excluding tert-OH is 1. The Labute approximate surface area is 103 Å². The van der Waals surface area contributed by atoms with Crippen molar-refractivity contribution in [3.05, 3.63) is 48.0 Å². The monoisotopic (exact) mass is 228 g/mol. The van der Waals surface area contributed by atoms with Gasteiger partial charge in [-0.25, -0.2) is 0 Å². The molecule has 1 atom stereocenters. The van der Waals surface area contributed by atoms with Crippen molar-refractivity contribution in [3.63, 3.8) is 0 Å². The first-order valence-electron chi connectivity index (χ1n) is 6.13. The fourth-order valence-corrected chi connectivity index (χ4v) is 1.98. The van der Waals surface area contributed by atoms with Gasteiger partial charge in [-0.15, -0.1) is 0 Å². The molecule has 2 aromatic rings. The molecule has 0 aliphatic rings. The maximum atomic E-state index is 10.2. The molecule has 1 unspecified atom stereocenters. The molecule has 0 fully saturated rings. The molecule has 0 radical (unpaired) electrons. The van der Waals surface area contributed by atoms with E-state index in [0.717, 1.165) is 0 Å². The largest absolute Gasteiger partial charge is 0.392 e. The van der Waals surface area contributed by atoms with Crippen LogP contribution >= 0.6 is 0 Å². The third-order valence-electron chi connectivity index (χ3n) is 3.29. The summed E-state index contributed by atoms with van der Waals surface area (Å²) < 4.78 is 0. The van der Waals surface area contributed by atoms with E-state index in [1.54, 1.807) is 0 Å². The van der Waals surface area contributed by atoms with Crippen LogP contribution in [0.25, 0.3) is 10.8 Å². The number of hydrogen-bond donors (Lipinski definition) is 1. The number of hydrogen-bond acceptors (Lipinski definition) is 1. The molecule has 0 aromatic heterocycles. The summed E-state index contributed by atoms with van der Waals surface area (Å²) in [5.74, 6) is 0. The van der Waals surface area contributed by atoms with Gasteiger partial charge in [0, 0.05) is 0 Å². The van der Waals surface area contributed by atoms with Crippen molar-refractivity contribution in [2.45, 2.75) is 33.3 Å². The molecule has 0 saturated heterocycles. The SMILES string of the molecule is CC(C)(C)C(O)Cc1cccc2ccccc12. The van der Waals surface area contributed by atoms with E-state index in [1.165, 1.54) is 16.3 Å². The Morgan fingerprint density at radius 3 is 2.35 bits per heavy atom. The number of aliphatic hydroxyl groups is 1. The summed E-state index contributed by atoms with van der Waals surface area (Å²) in [4.78, 5) is 0. The van der Waals surface area contributed by atoms with Crippen molar-refractivity contribution in [1.29, 1.82) is 0 Å². The Bertz CT molecular complexity index is 503. The minimum Gasteiger partial charge on any atom is -0.392 e. The van der Waals surface area contributed by atoms with Crippen LogP contribution in [-0.2, 0) is 6.42 Å². The highest BCUT2D eigenvalue weighted by Crippen LogP contribution is 2.26. The number of benzene rings is 2. The standard InChI is InChI=1S/C16H20O/c1-16(2,3)15(17)11-13-9-6-8-12-7-4-5-10-14(12)13/h4-10,15,17H,11H2,1-3H3. The van der Waals surface area contributed by atoms with Gasteiger partial charge >= 0.3 is 0 Å². The molecule has 0 aliphatic carbocycles. The van der Waals surface area contributed by atoms with Crippen LogP contribution in [0.2, 0.25) is 0 Å². The Kier molecular flexibility index (Phi) is 3.21. The second-order valence-corrected chi connectivity index (χ2v) is 5.72. The van der Waals surface area contributed by atoms with Crippen molar-refractivity contribution in [2.24, 2.45) is 5.41 Å². The summed E-state index contributed by atoms with van der Waals surface area (Å²) in [7, 11) is 0. The van der Waals surface area contributed by atoms with E-state index in [-0.39, 0.29) is 11.5 Å². The summed E-state index contributed by atoms with van der Waals surface area (Å²) >= 11 is 0. The molecular weight excluding hydrogens is 208 g/mol. The van der Waals surface area contributed by atoms with Gasteiger partial charge in [-0.1, -0.05) is 63.2 Å². The van der Waals surface area contributed by atoms with E-state index in [2.05, 4.69) is 57.2 Å². The minimum atomic E-state index is -0.312. The summed E-state index contributed by atoms with van der Waals surface area (Å²) in [6.45, 7) is 6.22. The summed E-state index contributed by atoms with van der Waals surface area (Å²) in [5, 5.41) is 12.7. The minimum absolute atomic E-state index is 0.0725. The Hall–Kier alpha value is -1.34. The lowest BCUT2D eigenvalue weighted by atomic mass is 9.84. The quantitative estimate of drug-likeness (QED) is 0.829. The molecule has 1 nitrogen and oxygen atoms in total. The fraction of sp³-hybridized carbons (Fsp3) is 0.375. The first kappa shape index (κ1) is 12.1. The summed E-state index contributed by atoms with van der Waals surface area (Å²) in [6, 6.07) is 14.6. The molecule has 2 rings (SSSR count). The number of rotatable bonds is 2. The van der Waals surface area contributed by atoms with Crippen LogP contribution in [0.3, 0.4) is 0 Å². The third-order valence-corrected chi connectivity index (χ3v) is 3.29. The summed E-state index contributed by atoms with van der Waals surface area (Å²) in [6.07, 6.45) is 0.401. The summed E-state index contributed by atoms with van der Waals surface area (Å²) in [5.41, 5.74) is 1.15. The average molecular weight is 228 g/mol. The van der Waals surface area contributed by atoms with Gasteiger partial charge in [0.05, 0.1) is 6.10 Å². The fourth-order valence-electron chi connectivity index (χ4n) is 1.98. The highest BCUT2D eigenvalue weighted by Gasteiger charge is 2.22. The molecule has 0 spiro atoms. The molecule has 1 N–H and O–H groups in total. The molecule has 0 aliphatic heterocycles. The van der Waals surface area contributed by atoms with Gasteiger partial charge in [0.2, 0.25) is 0 Å². The van der Waals surface area contributed by atoms with Crippen molar-refractivity contribution in [3.8, 4) is 0 Å². The molecule has 0 heterocycles. The van der Waals surface area contributed by atoms with E-state index < -0.39 is 0 Å². The first-order valence-corrected chi connectivity index (χ1v) is 6.13. The molecule has 0 bridgehead atoms.